The van der Waals surface area contributed by atoms with Crippen LogP contribution in [0.2, 0.25) is 0 Å². The smallest absolute Gasteiger partial charge is 0.104 e. The zero-order valence-corrected chi connectivity index (χ0v) is 5.39. The molecule has 0 spiro atoms. The molecule has 0 radical (unpaired) electrons. The zero-order valence-electron chi connectivity index (χ0n) is 5.39. The molecule has 0 heterocycles. The molecule has 0 aliphatic rings. The van der Waals surface area contributed by atoms with E-state index in [-0.39, 0.29) is 5.54 Å². The molecule has 1 atom stereocenters. The first-order valence-electron chi connectivity index (χ1n) is 2.64. The molecule has 0 saturated heterocycles. The van der Waals surface area contributed by atoms with Crippen molar-refractivity contribution in [2.75, 3.05) is 0 Å². The van der Waals surface area contributed by atoms with E-state index in [4.69, 9.17) is 16.6 Å². The Morgan fingerprint density at radius 2 is 2.00 bits per heavy atom. The molecule has 5 N–H and O–H groups in total. The first kappa shape index (κ1) is 7.88. The molecular formula is C5H14N2O. The van der Waals surface area contributed by atoms with Crippen LogP contribution in [0.5, 0.6) is 0 Å². The summed E-state index contributed by atoms with van der Waals surface area (Å²) in [5.74, 6) is 0. The number of aliphatic hydroxyl groups is 1. The minimum absolute atomic E-state index is 0.353. The van der Waals surface area contributed by atoms with Crippen molar-refractivity contribution in [2.24, 2.45) is 11.5 Å². The molecule has 0 fully saturated rings. The maximum absolute atomic E-state index is 8.59. The van der Waals surface area contributed by atoms with Crippen LogP contribution in [0.15, 0.2) is 0 Å². The molecule has 0 rings (SSSR count). The van der Waals surface area contributed by atoms with Crippen LogP contribution in [0.25, 0.3) is 0 Å². The van der Waals surface area contributed by atoms with Crippen LogP contribution in [-0.2, 0) is 0 Å². The Morgan fingerprint density at radius 1 is 1.62 bits per heavy atom. The summed E-state index contributed by atoms with van der Waals surface area (Å²) in [6.07, 6.45) is -0.345. The molecule has 0 aromatic carbocycles. The highest BCUT2D eigenvalue weighted by Crippen LogP contribution is 2.03. The van der Waals surface area contributed by atoms with Gasteiger partial charge in [-0.15, -0.1) is 0 Å². The minimum Gasteiger partial charge on any atom is -0.379 e. The average molecular weight is 118 g/mol. The van der Waals surface area contributed by atoms with E-state index in [1.807, 2.05) is 13.8 Å². The summed E-state index contributed by atoms with van der Waals surface area (Å²) in [6.45, 7) is 3.64. The molecule has 0 aliphatic carbocycles. The second kappa shape index (κ2) is 2.44. The summed E-state index contributed by atoms with van der Waals surface area (Å²) < 4.78 is 0. The van der Waals surface area contributed by atoms with E-state index in [1.54, 1.807) is 0 Å². The van der Waals surface area contributed by atoms with E-state index < -0.39 is 6.23 Å². The second-order valence-electron chi connectivity index (χ2n) is 2.76. The molecule has 0 amide bonds. The molecule has 1 unspecified atom stereocenters. The van der Waals surface area contributed by atoms with Gasteiger partial charge in [-0.05, 0) is 13.8 Å². The molecule has 0 aliphatic heterocycles. The maximum Gasteiger partial charge on any atom is 0.104 e. The highest BCUT2D eigenvalue weighted by atomic mass is 16.3. The SMILES string of the molecule is CC(C)(N)CC(N)O. The van der Waals surface area contributed by atoms with Gasteiger partial charge in [0.25, 0.3) is 0 Å². The van der Waals surface area contributed by atoms with E-state index in [0.717, 1.165) is 0 Å². The number of nitrogens with two attached hydrogens (primary N) is 2. The predicted molar refractivity (Wildman–Crippen MR) is 33.1 cm³/mol. The molecule has 50 valence electrons. The topological polar surface area (TPSA) is 72.3 Å². The Bertz CT molecular complexity index is 65.3. The number of hydrogen-bond donors (Lipinski definition) is 3. The number of aliphatic hydroxyl groups excluding tert-OH is 1. The van der Waals surface area contributed by atoms with Gasteiger partial charge in [0.2, 0.25) is 0 Å². The Morgan fingerprint density at radius 3 is 2.00 bits per heavy atom. The average Bonchev–Trinajstić information content (AvgIpc) is 1.21. The lowest BCUT2D eigenvalue weighted by Crippen LogP contribution is -2.39. The van der Waals surface area contributed by atoms with Crippen LogP contribution in [0.3, 0.4) is 0 Å². The third-order valence-corrected chi connectivity index (χ3v) is 0.735. The Hall–Kier alpha value is -0.120. The van der Waals surface area contributed by atoms with Gasteiger partial charge in [0.05, 0.1) is 0 Å². The van der Waals surface area contributed by atoms with Gasteiger partial charge >= 0.3 is 0 Å². The molecule has 0 saturated carbocycles. The molecule has 3 heteroatoms. The Balaban J connectivity index is 3.39. The van der Waals surface area contributed by atoms with E-state index in [1.165, 1.54) is 0 Å². The third kappa shape index (κ3) is 5.88. The number of hydrogen-bond acceptors (Lipinski definition) is 3. The van der Waals surface area contributed by atoms with E-state index in [2.05, 4.69) is 0 Å². The second-order valence-corrected chi connectivity index (χ2v) is 2.76. The summed E-state index contributed by atoms with van der Waals surface area (Å²) >= 11 is 0. The molecule has 3 nitrogen and oxygen atoms in total. The van der Waals surface area contributed by atoms with Crippen molar-refractivity contribution in [1.82, 2.24) is 0 Å². The lowest BCUT2D eigenvalue weighted by Gasteiger charge is -2.19. The lowest BCUT2D eigenvalue weighted by atomic mass is 10.0. The van der Waals surface area contributed by atoms with Crippen molar-refractivity contribution in [3.63, 3.8) is 0 Å². The van der Waals surface area contributed by atoms with Crippen molar-refractivity contribution in [1.29, 1.82) is 0 Å². The van der Waals surface area contributed by atoms with Crippen molar-refractivity contribution in [3.8, 4) is 0 Å². The largest absolute Gasteiger partial charge is 0.379 e. The van der Waals surface area contributed by atoms with Gasteiger partial charge in [0, 0.05) is 12.0 Å². The maximum atomic E-state index is 8.59. The van der Waals surface area contributed by atoms with Crippen molar-refractivity contribution in [2.45, 2.75) is 32.0 Å². The number of rotatable bonds is 2. The van der Waals surface area contributed by atoms with Gasteiger partial charge in [-0.2, -0.15) is 0 Å². The summed E-state index contributed by atoms with van der Waals surface area (Å²) in [4.78, 5) is 0. The van der Waals surface area contributed by atoms with Gasteiger partial charge in [-0.25, -0.2) is 0 Å². The lowest BCUT2D eigenvalue weighted by molar-refractivity contribution is 0.147. The van der Waals surface area contributed by atoms with Crippen LogP contribution in [-0.4, -0.2) is 16.9 Å². The normalized spacial score (nSPS) is 16.1. The first-order valence-corrected chi connectivity index (χ1v) is 2.64. The van der Waals surface area contributed by atoms with Gasteiger partial charge in [0.1, 0.15) is 6.23 Å². The van der Waals surface area contributed by atoms with Gasteiger partial charge in [-0.1, -0.05) is 0 Å². The zero-order chi connectivity index (χ0) is 6.78. The standard InChI is InChI=1S/C5H14N2O/c1-5(2,7)3-4(6)8/h4,8H,3,6-7H2,1-2H3. The van der Waals surface area contributed by atoms with Crippen molar-refractivity contribution in [3.05, 3.63) is 0 Å². The summed E-state index contributed by atoms with van der Waals surface area (Å²) in [6, 6.07) is 0. The van der Waals surface area contributed by atoms with E-state index in [9.17, 15) is 0 Å². The van der Waals surface area contributed by atoms with Crippen LogP contribution < -0.4 is 11.5 Å². The van der Waals surface area contributed by atoms with E-state index >= 15 is 0 Å². The van der Waals surface area contributed by atoms with Gasteiger partial charge in [0.15, 0.2) is 0 Å². The fraction of sp³-hybridized carbons (Fsp3) is 1.00. The van der Waals surface area contributed by atoms with Crippen LogP contribution >= 0.6 is 0 Å². The van der Waals surface area contributed by atoms with Crippen LogP contribution in [0, 0.1) is 0 Å². The van der Waals surface area contributed by atoms with Gasteiger partial charge in [-0.3, -0.25) is 0 Å². The van der Waals surface area contributed by atoms with E-state index in [0.29, 0.717) is 6.42 Å². The summed E-state index contributed by atoms with van der Waals surface area (Å²) in [5.41, 5.74) is 10.2. The fourth-order valence-corrected chi connectivity index (χ4v) is 0.539. The molecule has 0 aromatic rings. The minimum atomic E-state index is -0.782. The van der Waals surface area contributed by atoms with Crippen LogP contribution in [0.1, 0.15) is 20.3 Å². The highest BCUT2D eigenvalue weighted by molar-refractivity contribution is 4.72. The van der Waals surface area contributed by atoms with Gasteiger partial charge < -0.3 is 16.6 Å². The molecular weight excluding hydrogens is 104 g/mol. The predicted octanol–water partition coefficient (Wildman–Crippen LogP) is -0.609. The Labute approximate surface area is 49.7 Å². The molecule has 8 heavy (non-hydrogen) atoms. The quantitative estimate of drug-likeness (QED) is 0.423. The first-order chi connectivity index (χ1) is 3.42. The third-order valence-electron chi connectivity index (χ3n) is 0.735. The summed E-state index contributed by atoms with van der Waals surface area (Å²) in [7, 11) is 0. The summed E-state index contributed by atoms with van der Waals surface area (Å²) in [5, 5.41) is 8.59. The van der Waals surface area contributed by atoms with Crippen molar-refractivity contribution >= 4 is 0 Å². The highest BCUT2D eigenvalue weighted by Gasteiger charge is 2.12. The monoisotopic (exact) mass is 118 g/mol. The Kier molecular flexibility index (Phi) is 2.40. The molecule has 0 aromatic heterocycles. The van der Waals surface area contributed by atoms with Crippen molar-refractivity contribution < 1.29 is 5.11 Å². The molecule has 0 bridgehead atoms. The van der Waals surface area contributed by atoms with Crippen LogP contribution in [0.4, 0.5) is 0 Å². The fourth-order valence-electron chi connectivity index (χ4n) is 0.539.